The van der Waals surface area contributed by atoms with Gasteiger partial charge in [0.15, 0.2) is 0 Å². The van der Waals surface area contributed by atoms with Gasteiger partial charge >= 0.3 is 5.97 Å². The Morgan fingerprint density at radius 2 is 2.47 bits per heavy atom. The fraction of sp³-hybridized carbons (Fsp3) is 0.364. The number of rotatable bonds is 6. The Morgan fingerprint density at radius 3 is 3.00 bits per heavy atom. The lowest BCUT2D eigenvalue weighted by atomic mass is 10.2. The van der Waals surface area contributed by atoms with Crippen molar-refractivity contribution < 1.29 is 14.6 Å². The van der Waals surface area contributed by atoms with Crippen molar-refractivity contribution in [3.8, 4) is 0 Å². The van der Waals surface area contributed by atoms with Crippen molar-refractivity contribution in [3.05, 3.63) is 28.0 Å². The summed E-state index contributed by atoms with van der Waals surface area (Å²) in [6.45, 7) is 2.88. The fourth-order valence-electron chi connectivity index (χ4n) is 1.15. The first kappa shape index (κ1) is 11.9. The van der Waals surface area contributed by atoms with E-state index in [-0.39, 0.29) is 6.42 Å². The zero-order valence-electron chi connectivity index (χ0n) is 8.60. The van der Waals surface area contributed by atoms with E-state index >= 15 is 0 Å². The summed E-state index contributed by atoms with van der Waals surface area (Å²) < 4.78 is 5.22. The number of thiophene rings is 1. The molecular weight excluding hydrogens is 212 g/mol. The molecule has 0 amide bonds. The highest BCUT2D eigenvalue weighted by Gasteiger charge is 2.04. The molecule has 1 rings (SSSR count). The molecule has 1 aromatic rings. The van der Waals surface area contributed by atoms with Gasteiger partial charge in [-0.1, -0.05) is 6.07 Å². The number of carbonyl (C=O) groups is 1. The molecule has 3 nitrogen and oxygen atoms in total. The molecule has 0 aliphatic carbocycles. The summed E-state index contributed by atoms with van der Waals surface area (Å²) in [6, 6.07) is 3.90. The van der Waals surface area contributed by atoms with Crippen molar-refractivity contribution in [2.24, 2.45) is 0 Å². The summed E-state index contributed by atoms with van der Waals surface area (Å²) in [5.74, 6) is -0.822. The minimum atomic E-state index is -0.822. The van der Waals surface area contributed by atoms with Crippen molar-refractivity contribution in [1.82, 2.24) is 0 Å². The average molecular weight is 226 g/mol. The molecule has 0 saturated carbocycles. The summed E-state index contributed by atoms with van der Waals surface area (Å²) in [5.41, 5.74) is 0.798. The maximum Gasteiger partial charge on any atom is 0.307 e. The zero-order valence-corrected chi connectivity index (χ0v) is 9.42. The second-order valence-corrected chi connectivity index (χ2v) is 4.00. The fourth-order valence-corrected chi connectivity index (χ4v) is 1.85. The molecule has 0 fully saturated rings. The maximum atomic E-state index is 10.6. The van der Waals surface area contributed by atoms with Crippen LogP contribution in [-0.2, 0) is 9.53 Å². The molecule has 1 heterocycles. The molecule has 0 spiro atoms. The van der Waals surface area contributed by atoms with E-state index in [9.17, 15) is 4.79 Å². The van der Waals surface area contributed by atoms with Crippen LogP contribution < -0.4 is 0 Å². The highest BCUT2D eigenvalue weighted by atomic mass is 32.1. The Bertz CT molecular complexity index is 328. The minimum Gasteiger partial charge on any atom is -0.481 e. The lowest BCUT2D eigenvalue weighted by Crippen LogP contribution is -2.03. The molecule has 1 N–H and O–H groups in total. The molecule has 0 atom stereocenters. The number of hydrogen-bond acceptors (Lipinski definition) is 3. The Labute approximate surface area is 93.0 Å². The number of carboxylic acids is 1. The number of carboxylic acid groups (broad SMARTS) is 1. The standard InChI is InChI=1S/C11H14O3S/c1-2-14-8-9(7-11(12)13)6-10-4-3-5-15-10/h3-6H,2,7-8H2,1H3,(H,12,13). The van der Waals surface area contributed by atoms with Crippen LogP contribution in [0.25, 0.3) is 6.08 Å². The minimum absolute atomic E-state index is 0.0396. The molecule has 0 unspecified atom stereocenters. The Kier molecular flexibility index (Phi) is 5.07. The van der Waals surface area contributed by atoms with Gasteiger partial charge in [0.1, 0.15) is 0 Å². The lowest BCUT2D eigenvalue weighted by molar-refractivity contribution is -0.136. The molecule has 1 aromatic heterocycles. The topological polar surface area (TPSA) is 46.5 Å². The smallest absolute Gasteiger partial charge is 0.307 e. The predicted molar refractivity (Wildman–Crippen MR) is 61.0 cm³/mol. The van der Waals surface area contributed by atoms with Crippen LogP contribution in [0, 0.1) is 0 Å². The molecule has 0 bridgehead atoms. The quantitative estimate of drug-likeness (QED) is 0.811. The molecule has 0 radical (unpaired) electrons. The summed E-state index contributed by atoms with van der Waals surface area (Å²) in [5, 5.41) is 10.7. The van der Waals surface area contributed by atoms with Crippen LogP contribution in [0.5, 0.6) is 0 Å². The van der Waals surface area contributed by atoms with Gasteiger partial charge in [-0.15, -0.1) is 11.3 Å². The highest BCUT2D eigenvalue weighted by Crippen LogP contribution is 2.15. The predicted octanol–water partition coefficient (Wildman–Crippen LogP) is 2.64. The van der Waals surface area contributed by atoms with Gasteiger partial charge in [-0.05, 0) is 30.0 Å². The van der Waals surface area contributed by atoms with E-state index in [1.165, 1.54) is 0 Å². The third kappa shape index (κ3) is 4.76. The van der Waals surface area contributed by atoms with E-state index in [1.54, 1.807) is 11.3 Å². The molecule has 0 aliphatic heterocycles. The summed E-state index contributed by atoms with van der Waals surface area (Å²) in [6.07, 6.45) is 1.92. The summed E-state index contributed by atoms with van der Waals surface area (Å²) in [7, 11) is 0. The van der Waals surface area contributed by atoms with Gasteiger partial charge < -0.3 is 9.84 Å². The van der Waals surface area contributed by atoms with Crippen LogP contribution in [0.2, 0.25) is 0 Å². The van der Waals surface area contributed by atoms with Crippen molar-refractivity contribution in [2.45, 2.75) is 13.3 Å². The van der Waals surface area contributed by atoms with Crippen LogP contribution in [0.3, 0.4) is 0 Å². The second kappa shape index (κ2) is 6.37. The van der Waals surface area contributed by atoms with Gasteiger partial charge in [-0.25, -0.2) is 0 Å². The summed E-state index contributed by atoms with van der Waals surface area (Å²) in [4.78, 5) is 11.7. The summed E-state index contributed by atoms with van der Waals surface area (Å²) >= 11 is 1.59. The van der Waals surface area contributed by atoms with Crippen molar-refractivity contribution >= 4 is 23.4 Å². The highest BCUT2D eigenvalue weighted by molar-refractivity contribution is 7.10. The Balaban J connectivity index is 2.66. The van der Waals surface area contributed by atoms with Crippen LogP contribution in [0.1, 0.15) is 18.2 Å². The molecule has 4 heteroatoms. The largest absolute Gasteiger partial charge is 0.481 e. The molecule has 82 valence electrons. The maximum absolute atomic E-state index is 10.6. The lowest BCUT2D eigenvalue weighted by Gasteiger charge is -2.04. The Hall–Kier alpha value is -1.13. The number of hydrogen-bond donors (Lipinski definition) is 1. The average Bonchev–Trinajstić information content (AvgIpc) is 2.66. The molecule has 0 aromatic carbocycles. The van der Waals surface area contributed by atoms with E-state index in [0.29, 0.717) is 13.2 Å². The monoisotopic (exact) mass is 226 g/mol. The molecule has 0 saturated heterocycles. The van der Waals surface area contributed by atoms with Gasteiger partial charge in [-0.2, -0.15) is 0 Å². The van der Waals surface area contributed by atoms with Gasteiger partial charge in [0.25, 0.3) is 0 Å². The number of ether oxygens (including phenoxy) is 1. The van der Waals surface area contributed by atoms with Gasteiger partial charge in [0.2, 0.25) is 0 Å². The molecular formula is C11H14O3S. The van der Waals surface area contributed by atoms with E-state index in [1.807, 2.05) is 30.5 Å². The molecule has 0 aliphatic rings. The van der Waals surface area contributed by atoms with Crippen LogP contribution in [0.15, 0.2) is 23.1 Å². The molecule has 15 heavy (non-hydrogen) atoms. The number of aliphatic carboxylic acids is 1. The van der Waals surface area contributed by atoms with Gasteiger partial charge in [0, 0.05) is 11.5 Å². The van der Waals surface area contributed by atoms with Gasteiger partial charge in [-0.3, -0.25) is 4.79 Å². The van der Waals surface area contributed by atoms with Crippen LogP contribution in [0.4, 0.5) is 0 Å². The SMILES string of the molecule is CCOCC(=Cc1cccs1)CC(=O)O. The first-order valence-electron chi connectivity index (χ1n) is 4.75. The van der Waals surface area contributed by atoms with E-state index < -0.39 is 5.97 Å². The first-order valence-corrected chi connectivity index (χ1v) is 5.63. The van der Waals surface area contributed by atoms with E-state index in [4.69, 9.17) is 9.84 Å². The van der Waals surface area contributed by atoms with Crippen LogP contribution in [-0.4, -0.2) is 24.3 Å². The second-order valence-electron chi connectivity index (χ2n) is 3.03. The third-order valence-corrected chi connectivity index (χ3v) is 2.58. The van der Waals surface area contributed by atoms with Crippen molar-refractivity contribution in [1.29, 1.82) is 0 Å². The third-order valence-electron chi connectivity index (χ3n) is 1.76. The normalized spacial score (nSPS) is 11.7. The van der Waals surface area contributed by atoms with Crippen molar-refractivity contribution in [3.63, 3.8) is 0 Å². The van der Waals surface area contributed by atoms with Crippen LogP contribution >= 0.6 is 11.3 Å². The van der Waals surface area contributed by atoms with Gasteiger partial charge in [0.05, 0.1) is 13.0 Å². The van der Waals surface area contributed by atoms with E-state index in [0.717, 1.165) is 10.5 Å². The van der Waals surface area contributed by atoms with E-state index in [2.05, 4.69) is 0 Å². The Morgan fingerprint density at radius 1 is 1.67 bits per heavy atom. The van der Waals surface area contributed by atoms with Crippen molar-refractivity contribution in [2.75, 3.05) is 13.2 Å². The zero-order chi connectivity index (χ0) is 11.1. The first-order chi connectivity index (χ1) is 7.22.